The first-order valence-corrected chi connectivity index (χ1v) is 7.67. The summed E-state index contributed by atoms with van der Waals surface area (Å²) < 4.78 is 1.82. The van der Waals surface area contributed by atoms with E-state index in [4.69, 9.17) is 5.10 Å². The Hall–Kier alpha value is -1.95. The predicted molar refractivity (Wildman–Crippen MR) is 79.0 cm³/mol. The molecule has 1 fully saturated rings. The van der Waals surface area contributed by atoms with Crippen molar-refractivity contribution in [1.82, 2.24) is 19.8 Å². The van der Waals surface area contributed by atoms with Gasteiger partial charge in [0, 0.05) is 10.9 Å². The molecule has 0 spiro atoms. The zero-order chi connectivity index (χ0) is 13.5. The van der Waals surface area contributed by atoms with Gasteiger partial charge in [0.1, 0.15) is 5.82 Å². The van der Waals surface area contributed by atoms with E-state index in [2.05, 4.69) is 38.7 Å². The summed E-state index contributed by atoms with van der Waals surface area (Å²) in [4.78, 5) is 3.77. The number of hydrogen-bond donors (Lipinski definition) is 0. The molecule has 0 unspecified atom stereocenters. The van der Waals surface area contributed by atoms with Crippen LogP contribution in [0, 0.1) is 6.92 Å². The molecule has 0 radical (unpaired) electrons. The van der Waals surface area contributed by atoms with E-state index >= 15 is 0 Å². The summed E-state index contributed by atoms with van der Waals surface area (Å²) in [6, 6.07) is 8.95. The van der Waals surface area contributed by atoms with Gasteiger partial charge in [-0.05, 0) is 43.3 Å². The molecule has 0 saturated heterocycles. The highest BCUT2D eigenvalue weighted by atomic mass is 32.1. The highest BCUT2D eigenvalue weighted by molar-refractivity contribution is 7.09. The van der Waals surface area contributed by atoms with Crippen LogP contribution in [0.4, 0.5) is 5.82 Å². The van der Waals surface area contributed by atoms with Gasteiger partial charge in [0.25, 0.3) is 0 Å². The lowest BCUT2D eigenvalue weighted by molar-refractivity contribution is 0.754. The molecule has 0 amide bonds. The number of thiophene rings is 1. The van der Waals surface area contributed by atoms with E-state index in [9.17, 15) is 0 Å². The van der Waals surface area contributed by atoms with E-state index in [1.54, 1.807) is 11.3 Å². The smallest absolute Gasteiger partial charge is 0.178 e. The third-order valence-corrected chi connectivity index (χ3v) is 4.45. The van der Waals surface area contributed by atoms with Crippen LogP contribution in [0.5, 0.6) is 0 Å². The minimum atomic E-state index is 0.624. The Morgan fingerprint density at radius 1 is 1.30 bits per heavy atom. The third kappa shape index (κ3) is 2.06. The molecule has 0 aliphatic heterocycles. The monoisotopic (exact) mass is 285 g/mol. The summed E-state index contributed by atoms with van der Waals surface area (Å²) in [7, 11) is 0. The standard InChI is InChI=1S/C14H15N5S/c1-10-15-16-13-6-7-14(17-19(10)13)18(11-4-5-11)9-12-3-2-8-20-12/h2-3,6-8,11H,4-5,9H2,1H3. The van der Waals surface area contributed by atoms with Crippen LogP contribution >= 0.6 is 11.3 Å². The molecule has 3 aromatic rings. The minimum Gasteiger partial charge on any atom is -0.347 e. The highest BCUT2D eigenvalue weighted by Crippen LogP contribution is 2.32. The summed E-state index contributed by atoms with van der Waals surface area (Å²) in [5, 5.41) is 15.0. The molecule has 1 aliphatic rings. The van der Waals surface area contributed by atoms with Gasteiger partial charge in [-0.15, -0.1) is 26.6 Å². The number of rotatable bonds is 4. The lowest BCUT2D eigenvalue weighted by Crippen LogP contribution is -2.26. The second-order valence-corrected chi connectivity index (χ2v) is 6.18. The van der Waals surface area contributed by atoms with Gasteiger partial charge in [0.05, 0.1) is 6.54 Å². The molecule has 4 rings (SSSR count). The van der Waals surface area contributed by atoms with Crippen LogP contribution in [0.3, 0.4) is 0 Å². The van der Waals surface area contributed by atoms with Crippen LogP contribution in [0.15, 0.2) is 29.6 Å². The predicted octanol–water partition coefficient (Wildman–Crippen LogP) is 2.66. The molecule has 1 saturated carbocycles. The van der Waals surface area contributed by atoms with Crippen molar-refractivity contribution in [3.05, 3.63) is 40.3 Å². The Bertz CT molecular complexity index is 729. The van der Waals surface area contributed by atoms with Crippen molar-refractivity contribution in [3.8, 4) is 0 Å². The first-order chi connectivity index (χ1) is 9.81. The SMILES string of the molecule is Cc1nnc2ccc(N(Cc3cccs3)C3CC3)nn12. The molecule has 20 heavy (non-hydrogen) atoms. The zero-order valence-electron chi connectivity index (χ0n) is 11.2. The van der Waals surface area contributed by atoms with Crippen molar-refractivity contribution in [2.45, 2.75) is 32.4 Å². The van der Waals surface area contributed by atoms with E-state index in [-0.39, 0.29) is 0 Å². The fourth-order valence-corrected chi connectivity index (χ4v) is 3.10. The lowest BCUT2D eigenvalue weighted by atomic mass is 10.3. The van der Waals surface area contributed by atoms with Crippen molar-refractivity contribution < 1.29 is 0 Å². The molecular weight excluding hydrogens is 270 g/mol. The van der Waals surface area contributed by atoms with Crippen LogP contribution in [0.1, 0.15) is 23.5 Å². The molecule has 0 bridgehead atoms. The summed E-state index contributed by atoms with van der Waals surface area (Å²) in [5.41, 5.74) is 0.804. The quantitative estimate of drug-likeness (QED) is 0.739. The normalized spacial score (nSPS) is 14.8. The number of aryl methyl sites for hydroxylation is 1. The van der Waals surface area contributed by atoms with Crippen LogP contribution in [0.2, 0.25) is 0 Å². The Morgan fingerprint density at radius 2 is 2.20 bits per heavy atom. The van der Waals surface area contributed by atoms with Gasteiger partial charge in [-0.2, -0.15) is 4.52 Å². The van der Waals surface area contributed by atoms with Crippen LogP contribution in [0.25, 0.3) is 5.65 Å². The minimum absolute atomic E-state index is 0.624. The third-order valence-electron chi connectivity index (χ3n) is 3.59. The van der Waals surface area contributed by atoms with Crippen LogP contribution in [-0.4, -0.2) is 25.9 Å². The maximum Gasteiger partial charge on any atom is 0.178 e. The van der Waals surface area contributed by atoms with E-state index in [0.717, 1.165) is 23.8 Å². The van der Waals surface area contributed by atoms with E-state index < -0.39 is 0 Å². The molecule has 3 heterocycles. The molecule has 1 aliphatic carbocycles. The van der Waals surface area contributed by atoms with E-state index in [1.807, 2.05) is 17.5 Å². The summed E-state index contributed by atoms with van der Waals surface area (Å²) >= 11 is 1.80. The van der Waals surface area contributed by atoms with E-state index in [0.29, 0.717) is 6.04 Å². The molecular formula is C14H15N5S. The second-order valence-electron chi connectivity index (χ2n) is 5.15. The highest BCUT2D eigenvalue weighted by Gasteiger charge is 2.30. The molecule has 5 nitrogen and oxygen atoms in total. The Balaban J connectivity index is 1.71. The number of anilines is 1. The molecule has 0 N–H and O–H groups in total. The average molecular weight is 285 g/mol. The van der Waals surface area contributed by atoms with Crippen molar-refractivity contribution >= 4 is 22.8 Å². The summed E-state index contributed by atoms with van der Waals surface area (Å²) in [5.74, 6) is 1.84. The number of aromatic nitrogens is 4. The van der Waals surface area contributed by atoms with Gasteiger partial charge in [-0.1, -0.05) is 6.07 Å². The molecule has 3 aromatic heterocycles. The fraction of sp³-hybridized carbons (Fsp3) is 0.357. The Kier molecular flexibility index (Phi) is 2.70. The number of fused-ring (bicyclic) bond motifs is 1. The van der Waals surface area contributed by atoms with E-state index in [1.165, 1.54) is 17.7 Å². The number of nitrogens with zero attached hydrogens (tertiary/aromatic N) is 5. The van der Waals surface area contributed by atoms with Gasteiger partial charge in [-0.25, -0.2) is 0 Å². The van der Waals surface area contributed by atoms with Crippen molar-refractivity contribution in [2.75, 3.05) is 4.90 Å². The topological polar surface area (TPSA) is 46.3 Å². The molecule has 0 atom stereocenters. The van der Waals surface area contributed by atoms with Gasteiger partial charge < -0.3 is 4.90 Å². The first kappa shape index (κ1) is 11.8. The maximum absolute atomic E-state index is 4.70. The van der Waals surface area contributed by atoms with Gasteiger partial charge in [0.2, 0.25) is 0 Å². The van der Waals surface area contributed by atoms with Gasteiger partial charge in [0.15, 0.2) is 11.5 Å². The zero-order valence-corrected chi connectivity index (χ0v) is 12.0. The molecule has 6 heteroatoms. The largest absolute Gasteiger partial charge is 0.347 e. The second kappa shape index (κ2) is 4.56. The maximum atomic E-state index is 4.70. The Morgan fingerprint density at radius 3 is 2.95 bits per heavy atom. The fourth-order valence-electron chi connectivity index (χ4n) is 2.39. The lowest BCUT2D eigenvalue weighted by Gasteiger charge is -2.22. The number of hydrogen-bond acceptors (Lipinski definition) is 5. The van der Waals surface area contributed by atoms with Crippen molar-refractivity contribution in [1.29, 1.82) is 0 Å². The van der Waals surface area contributed by atoms with Crippen LogP contribution < -0.4 is 4.90 Å². The Labute approximate surface area is 120 Å². The van der Waals surface area contributed by atoms with Crippen molar-refractivity contribution in [2.24, 2.45) is 0 Å². The molecule has 102 valence electrons. The summed E-state index contributed by atoms with van der Waals surface area (Å²) in [6.45, 7) is 2.86. The van der Waals surface area contributed by atoms with Crippen LogP contribution in [-0.2, 0) is 6.54 Å². The first-order valence-electron chi connectivity index (χ1n) is 6.79. The van der Waals surface area contributed by atoms with Crippen molar-refractivity contribution in [3.63, 3.8) is 0 Å². The average Bonchev–Trinajstić information content (AvgIpc) is 3.05. The van der Waals surface area contributed by atoms with Gasteiger partial charge >= 0.3 is 0 Å². The van der Waals surface area contributed by atoms with Gasteiger partial charge in [-0.3, -0.25) is 0 Å². The summed E-state index contributed by atoms with van der Waals surface area (Å²) in [6.07, 6.45) is 2.51. The molecule has 0 aromatic carbocycles.